The van der Waals surface area contributed by atoms with E-state index in [0.717, 1.165) is 18.3 Å². The molecule has 0 unspecified atom stereocenters. The van der Waals surface area contributed by atoms with Gasteiger partial charge in [-0.25, -0.2) is 0 Å². The van der Waals surface area contributed by atoms with Crippen molar-refractivity contribution < 1.29 is 76.3 Å². The third-order valence-corrected chi connectivity index (χ3v) is 14.7. The summed E-state index contributed by atoms with van der Waals surface area (Å²) in [5.74, 6) is -2.00. The number of carboxylic acid groups (broad SMARTS) is 2. The maximum absolute atomic E-state index is 12.5. The molecule has 0 spiro atoms. The van der Waals surface area contributed by atoms with Gasteiger partial charge < -0.3 is 19.9 Å². The topological polar surface area (TPSA) is 301 Å². The zero-order chi connectivity index (χ0) is 48.8. The number of aliphatic carboxylic acids is 2. The van der Waals surface area contributed by atoms with E-state index in [1.807, 2.05) is 56.2 Å². The molecule has 0 saturated heterocycles. The second-order valence-corrected chi connectivity index (χ2v) is 22.0. The molecule has 2 heterocycles. The summed E-state index contributed by atoms with van der Waals surface area (Å²) in [6.07, 6.45) is 10.5. The quantitative estimate of drug-likeness (QED) is 0.0446. The van der Waals surface area contributed by atoms with Crippen molar-refractivity contribution in [1.29, 1.82) is 0 Å². The van der Waals surface area contributed by atoms with Gasteiger partial charge >= 0.3 is 5.97 Å². The Balaban J connectivity index is 0.00000190. The Morgan fingerprint density at radius 1 is 0.677 bits per heavy atom. The Hall–Kier alpha value is -5.33. The summed E-state index contributed by atoms with van der Waals surface area (Å²) >= 11 is 0. The van der Waals surface area contributed by atoms with Crippen molar-refractivity contribution in [3.63, 3.8) is 0 Å². The first-order valence-corrected chi connectivity index (χ1v) is 25.6. The molecule has 22 heteroatoms. The van der Waals surface area contributed by atoms with Crippen LogP contribution in [0.5, 0.6) is 0 Å². The van der Waals surface area contributed by atoms with E-state index in [4.69, 9.17) is 15.0 Å². The monoisotopic (exact) mass is 976 g/mol. The first kappa shape index (κ1) is 50.7. The molecular weight excluding hydrogens is 929 g/mol. The molecule has 0 atom stereocenters. The van der Waals surface area contributed by atoms with Gasteiger partial charge in [0.1, 0.15) is 16.3 Å². The molecule has 0 amide bonds. The van der Waals surface area contributed by atoms with Crippen molar-refractivity contribution in [3.8, 4) is 0 Å². The Kier molecular flexibility index (Phi) is 14.2. The SMILES string of the molecule is CC(=O)[O-].CCN1/C(=C/C=C/C=C/C2=[N+](CCCCCC(=O)O)c3ccc4c(S(=O)(=O)O)cc(S(=O)(=O)O)cc4c3C2(C)C)C(C)(C)c2c1ccc1c(S(=O)(=O)O)cc(S(=O)(=O)O)cc21. The van der Waals surface area contributed by atoms with Crippen molar-refractivity contribution in [2.24, 2.45) is 0 Å². The highest BCUT2D eigenvalue weighted by atomic mass is 32.2. The maximum atomic E-state index is 12.5. The first-order valence-electron chi connectivity index (χ1n) is 19.8. The van der Waals surface area contributed by atoms with E-state index in [9.17, 15) is 56.7 Å². The smallest absolute Gasteiger partial charge is 0.303 e. The van der Waals surface area contributed by atoms with Crippen LogP contribution in [0.4, 0.5) is 11.4 Å². The minimum absolute atomic E-state index is 0.00883. The average molecular weight is 977 g/mol. The largest absolute Gasteiger partial charge is 0.550 e. The molecule has 350 valence electrons. The predicted molar refractivity (Wildman–Crippen MR) is 239 cm³/mol. The molecule has 65 heavy (non-hydrogen) atoms. The minimum atomic E-state index is -4.95. The van der Waals surface area contributed by atoms with Crippen molar-refractivity contribution in [3.05, 3.63) is 95.7 Å². The van der Waals surface area contributed by atoms with Gasteiger partial charge in [0.05, 0.1) is 15.2 Å². The highest BCUT2D eigenvalue weighted by molar-refractivity contribution is 7.87. The van der Waals surface area contributed by atoms with Gasteiger partial charge in [0.15, 0.2) is 5.71 Å². The van der Waals surface area contributed by atoms with Crippen molar-refractivity contribution in [1.82, 2.24) is 0 Å². The van der Waals surface area contributed by atoms with Crippen LogP contribution in [-0.2, 0) is 60.9 Å². The number of allylic oxidation sites excluding steroid dienone is 6. The Bertz CT molecular complexity index is 3240. The van der Waals surface area contributed by atoms with Crippen LogP contribution in [0.15, 0.2) is 104 Å². The number of unbranched alkanes of at least 4 members (excludes halogenated alkanes) is 2. The fourth-order valence-corrected chi connectivity index (χ4v) is 11.3. The maximum Gasteiger partial charge on any atom is 0.303 e. The van der Waals surface area contributed by atoms with Crippen molar-refractivity contribution >= 4 is 91.0 Å². The summed E-state index contributed by atoms with van der Waals surface area (Å²) < 4.78 is 141. The highest BCUT2D eigenvalue weighted by Crippen LogP contribution is 2.52. The molecule has 2 aliphatic heterocycles. The van der Waals surface area contributed by atoms with Crippen LogP contribution in [0.25, 0.3) is 21.5 Å². The second-order valence-electron chi connectivity index (χ2n) is 16.4. The van der Waals surface area contributed by atoms with Gasteiger partial charge in [0, 0.05) is 70.6 Å². The number of carbonyl (C=O) groups excluding carboxylic acids is 1. The van der Waals surface area contributed by atoms with Gasteiger partial charge in [0.25, 0.3) is 40.5 Å². The van der Waals surface area contributed by atoms with Gasteiger partial charge in [-0.2, -0.15) is 38.2 Å². The van der Waals surface area contributed by atoms with Crippen LogP contribution >= 0.6 is 0 Å². The van der Waals surface area contributed by atoms with Gasteiger partial charge in [-0.1, -0.05) is 38.1 Å². The van der Waals surface area contributed by atoms with E-state index in [1.165, 1.54) is 24.3 Å². The van der Waals surface area contributed by atoms with Crippen LogP contribution < -0.4 is 10.0 Å². The Morgan fingerprint density at radius 3 is 1.66 bits per heavy atom. The molecule has 0 aliphatic carbocycles. The van der Waals surface area contributed by atoms with Gasteiger partial charge in [-0.05, 0) is 99.3 Å². The van der Waals surface area contributed by atoms with E-state index in [-0.39, 0.29) is 28.0 Å². The lowest BCUT2D eigenvalue weighted by atomic mass is 9.79. The van der Waals surface area contributed by atoms with E-state index in [0.29, 0.717) is 67.0 Å². The number of hydrogen-bond acceptors (Lipinski definition) is 12. The molecule has 0 bridgehead atoms. The molecule has 0 aromatic heterocycles. The number of fused-ring (bicyclic) bond motifs is 6. The number of carbonyl (C=O) groups is 2. The van der Waals surface area contributed by atoms with Crippen LogP contribution in [0.1, 0.15) is 78.4 Å². The van der Waals surface area contributed by atoms with E-state index >= 15 is 0 Å². The lowest BCUT2D eigenvalue weighted by molar-refractivity contribution is -0.438. The predicted octanol–water partition coefficient (Wildman–Crippen LogP) is 5.57. The molecule has 0 fully saturated rings. The van der Waals surface area contributed by atoms with E-state index in [2.05, 4.69) is 0 Å². The summed E-state index contributed by atoms with van der Waals surface area (Å²) in [4.78, 5) is 19.2. The summed E-state index contributed by atoms with van der Waals surface area (Å²) in [5, 5.41) is 18.5. The molecule has 4 aromatic carbocycles. The second kappa shape index (κ2) is 18.2. The zero-order valence-electron chi connectivity index (χ0n) is 36.0. The van der Waals surface area contributed by atoms with E-state index in [1.54, 1.807) is 30.4 Å². The van der Waals surface area contributed by atoms with Gasteiger partial charge in [-0.3, -0.25) is 23.0 Å². The normalized spacial score (nSPS) is 16.7. The number of likely N-dealkylation sites (N-methyl/N-ethyl adjacent to an activating group) is 1. The molecule has 0 radical (unpaired) electrons. The Labute approximate surface area is 376 Å². The lowest BCUT2D eigenvalue weighted by Crippen LogP contribution is -2.28. The van der Waals surface area contributed by atoms with Crippen LogP contribution in [0.3, 0.4) is 0 Å². The van der Waals surface area contributed by atoms with Crippen LogP contribution in [0.2, 0.25) is 0 Å². The molecule has 5 N–H and O–H groups in total. The summed E-state index contributed by atoms with van der Waals surface area (Å²) in [7, 11) is -19.7. The molecule has 18 nitrogen and oxygen atoms in total. The fraction of sp³-hybridized carbons (Fsp3) is 0.326. The molecular formula is C43H48N2O16S4. The Morgan fingerprint density at radius 2 is 1.18 bits per heavy atom. The zero-order valence-corrected chi connectivity index (χ0v) is 39.3. The number of hydrogen-bond donors (Lipinski definition) is 5. The third kappa shape index (κ3) is 10.4. The van der Waals surface area contributed by atoms with Gasteiger partial charge in [0.2, 0.25) is 5.69 Å². The molecule has 2 aliphatic rings. The summed E-state index contributed by atoms with van der Waals surface area (Å²) in [6.45, 7) is 11.2. The van der Waals surface area contributed by atoms with Gasteiger partial charge in [-0.15, -0.1) is 0 Å². The molecule has 4 aromatic rings. The van der Waals surface area contributed by atoms with Crippen molar-refractivity contribution in [2.75, 3.05) is 18.0 Å². The third-order valence-electron chi connectivity index (χ3n) is 11.3. The van der Waals surface area contributed by atoms with Crippen molar-refractivity contribution in [2.45, 2.75) is 97.6 Å². The first-order chi connectivity index (χ1) is 29.8. The highest BCUT2D eigenvalue weighted by Gasteiger charge is 2.46. The number of nitrogens with zero attached hydrogens (tertiary/aromatic N) is 2. The van der Waals surface area contributed by atoms with Crippen LogP contribution in [-0.4, -0.2) is 92.3 Å². The van der Waals surface area contributed by atoms with Crippen LogP contribution in [0, 0.1) is 0 Å². The fourth-order valence-electron chi connectivity index (χ4n) is 8.66. The standard InChI is InChI=1S/C41H44N2O14S4.C2H4O2/c1-6-42-31-18-16-27-29(21-25(58(46,47)48)23-33(27)60(52,53)54)38(31)40(2,3)35(42)13-9-7-10-14-36-41(4,5)39-30-22-26(59(49,50)51)24-34(61(55,56)57)28(30)17-19-32(39)43(36)20-12-8-11-15-37(44)45;1-2(3)4/h7,9-10,13-14,16-19,21-24H,6,8,11-12,15,20H2,1-5H3,(H4-,44,45,46,47,48,49,50,51,52,53,54,55,56,57);1H3,(H,3,4). The molecule has 0 saturated carbocycles. The van der Waals surface area contributed by atoms with E-state index < -0.39 is 82.8 Å². The molecule has 6 rings (SSSR count). The summed E-state index contributed by atoms with van der Waals surface area (Å²) in [6, 6.07) is 10.0. The number of benzene rings is 4. The number of anilines is 1. The minimum Gasteiger partial charge on any atom is -0.550 e. The number of rotatable bonds is 14. The lowest BCUT2D eigenvalue weighted by Gasteiger charge is -2.26. The average Bonchev–Trinajstić information content (AvgIpc) is 3.52. The summed E-state index contributed by atoms with van der Waals surface area (Å²) in [5.41, 5.74) is 2.05. The number of carboxylic acids is 2.